The Balaban J connectivity index is 1.30. The van der Waals surface area contributed by atoms with Gasteiger partial charge in [0.1, 0.15) is 29.4 Å². The lowest BCUT2D eigenvalue weighted by Gasteiger charge is -2.23. The summed E-state index contributed by atoms with van der Waals surface area (Å²) in [5.74, 6) is -6.03. The van der Waals surface area contributed by atoms with Crippen LogP contribution in [0.2, 0.25) is 30.8 Å². The molecule has 0 amide bonds. The number of ether oxygens (including phenoxy) is 2. The molecule has 48 heavy (non-hydrogen) atoms. The molecule has 0 N–H and O–H groups in total. The number of anilines is 1. The highest BCUT2D eigenvalue weighted by Gasteiger charge is 2.43. The van der Waals surface area contributed by atoms with Gasteiger partial charge in [0.15, 0.2) is 11.6 Å². The van der Waals surface area contributed by atoms with Crippen molar-refractivity contribution < 1.29 is 36.6 Å². The number of hydrogen-bond donors (Lipinski definition) is 0. The zero-order valence-corrected chi connectivity index (χ0v) is 27.9. The van der Waals surface area contributed by atoms with E-state index in [9.17, 15) is 28.0 Å². The highest BCUT2D eigenvalue weighted by Crippen LogP contribution is 2.36. The molecule has 5 heterocycles. The first-order chi connectivity index (χ1) is 22.7. The Labute approximate surface area is 278 Å². The van der Waals surface area contributed by atoms with Crippen molar-refractivity contribution in [3.05, 3.63) is 53.6 Å². The molecule has 0 spiro atoms. The van der Waals surface area contributed by atoms with Crippen LogP contribution in [-0.2, 0) is 21.0 Å². The third-order valence-corrected chi connectivity index (χ3v) is 9.91. The number of fused-ring (bicyclic) bond motifs is 1. The molecule has 5 rings (SSSR count). The number of carbonyl (C=O) groups excluding carboxylic acids is 2. The Bertz CT molecular complexity index is 1870. The molecule has 0 radical (unpaired) electrons. The van der Waals surface area contributed by atoms with Crippen LogP contribution in [0.5, 0.6) is 0 Å². The molecular formula is C30H31ClF4N8O4Si. The molecule has 2 atom stereocenters. The lowest BCUT2D eigenvalue weighted by molar-refractivity contribution is -0.193. The van der Waals surface area contributed by atoms with Crippen molar-refractivity contribution in [2.45, 2.75) is 57.5 Å². The van der Waals surface area contributed by atoms with E-state index in [1.165, 1.54) is 6.33 Å². The van der Waals surface area contributed by atoms with Gasteiger partial charge in [-0.2, -0.15) is 23.5 Å². The largest absolute Gasteiger partial charge is 0.491 e. The van der Waals surface area contributed by atoms with Crippen molar-refractivity contribution in [3.8, 4) is 17.3 Å². The summed E-state index contributed by atoms with van der Waals surface area (Å²) >= 11 is 6.00. The summed E-state index contributed by atoms with van der Waals surface area (Å²) in [5.41, 5.74) is 1.25. The molecule has 1 aliphatic rings. The first kappa shape index (κ1) is 34.9. The third kappa shape index (κ3) is 7.83. The van der Waals surface area contributed by atoms with Gasteiger partial charge in [0.2, 0.25) is 0 Å². The van der Waals surface area contributed by atoms with E-state index in [0.29, 0.717) is 49.3 Å². The Kier molecular flexibility index (Phi) is 10.2. The topological polar surface area (TPSA) is 141 Å². The number of esters is 2. The van der Waals surface area contributed by atoms with Gasteiger partial charge in [-0.05, 0) is 24.6 Å². The molecule has 1 aliphatic heterocycles. The number of halogens is 5. The van der Waals surface area contributed by atoms with Crippen molar-refractivity contribution in [3.63, 3.8) is 0 Å². The minimum absolute atomic E-state index is 0.0959. The second-order valence-electron chi connectivity index (χ2n) is 12.5. The molecule has 0 bridgehead atoms. The zero-order chi connectivity index (χ0) is 34.8. The smallest absolute Gasteiger partial charge is 0.383 e. The quantitative estimate of drug-likeness (QED) is 0.0454. The maximum absolute atomic E-state index is 15.1. The van der Waals surface area contributed by atoms with Gasteiger partial charge in [0.25, 0.3) is 0 Å². The highest BCUT2D eigenvalue weighted by molar-refractivity contribution is 6.76. The van der Waals surface area contributed by atoms with Crippen molar-refractivity contribution in [2.24, 2.45) is 5.92 Å². The van der Waals surface area contributed by atoms with Crippen LogP contribution in [-0.4, -0.2) is 75.2 Å². The Hall–Kier alpha value is -4.40. The number of pyridine rings is 1. The average molecular weight is 707 g/mol. The standard InChI is InChI=1S/C30H31ClF4N8O4Si/c1-48(2,3)11-10-46-17-42-9-6-20-24(37-16-38-26(20)42)19-13-39-43(15-19)23(4-7-36)18-5-8-41(14-18)27-22(32)12-21(25(31)40-27)28(44)47-29(45)30(33,34)35/h6,9,12-13,15-16,18,23H,4-5,8,10-11,14,17H2,1-3H3/t18?,23-/m0/s1. The van der Waals surface area contributed by atoms with Crippen molar-refractivity contribution in [1.29, 1.82) is 5.26 Å². The summed E-state index contributed by atoms with van der Waals surface area (Å²) in [5, 5.41) is 14.4. The van der Waals surface area contributed by atoms with Crippen LogP contribution in [0, 0.1) is 23.1 Å². The number of aromatic nitrogens is 6. The van der Waals surface area contributed by atoms with Crippen LogP contribution in [0.1, 0.15) is 29.2 Å². The molecule has 1 fully saturated rings. The number of hydrogen-bond acceptors (Lipinski definition) is 10. The van der Waals surface area contributed by atoms with Crippen LogP contribution in [0.15, 0.2) is 37.1 Å². The lowest BCUT2D eigenvalue weighted by Crippen LogP contribution is -2.29. The molecule has 0 aromatic carbocycles. The first-order valence-electron chi connectivity index (χ1n) is 14.9. The molecule has 18 heteroatoms. The van der Waals surface area contributed by atoms with Gasteiger partial charge >= 0.3 is 18.1 Å². The van der Waals surface area contributed by atoms with Crippen LogP contribution in [0.4, 0.5) is 23.4 Å². The predicted octanol–water partition coefficient (Wildman–Crippen LogP) is 6.02. The highest BCUT2D eigenvalue weighted by atomic mass is 35.5. The van der Waals surface area contributed by atoms with Gasteiger partial charge in [-0.1, -0.05) is 31.2 Å². The molecule has 4 aromatic heterocycles. The number of alkyl halides is 3. The van der Waals surface area contributed by atoms with Crippen molar-refractivity contribution >= 4 is 48.5 Å². The van der Waals surface area contributed by atoms with Gasteiger partial charge in [0, 0.05) is 57.0 Å². The second kappa shape index (κ2) is 14.0. The van der Waals surface area contributed by atoms with Gasteiger partial charge < -0.3 is 18.9 Å². The maximum atomic E-state index is 15.1. The van der Waals surface area contributed by atoms with Gasteiger partial charge in [-0.15, -0.1) is 0 Å². The lowest BCUT2D eigenvalue weighted by atomic mass is 9.96. The average Bonchev–Trinajstić information content (AvgIpc) is 3.78. The monoisotopic (exact) mass is 706 g/mol. The van der Waals surface area contributed by atoms with Crippen molar-refractivity contribution in [2.75, 3.05) is 24.6 Å². The van der Waals surface area contributed by atoms with E-state index >= 15 is 4.39 Å². The molecule has 0 saturated carbocycles. The van der Waals surface area contributed by atoms with E-state index < -0.39 is 48.8 Å². The number of carbonyl (C=O) groups is 2. The summed E-state index contributed by atoms with van der Waals surface area (Å²) in [4.78, 5) is 37.4. The minimum atomic E-state index is -5.43. The Morgan fingerprint density at radius 3 is 2.73 bits per heavy atom. The predicted molar refractivity (Wildman–Crippen MR) is 168 cm³/mol. The normalized spacial score (nSPS) is 15.9. The van der Waals surface area contributed by atoms with Crippen LogP contribution < -0.4 is 4.90 Å². The zero-order valence-electron chi connectivity index (χ0n) is 26.2. The van der Waals surface area contributed by atoms with Gasteiger partial charge in [0.05, 0.1) is 30.4 Å². The van der Waals surface area contributed by atoms with E-state index in [4.69, 9.17) is 16.3 Å². The summed E-state index contributed by atoms with van der Waals surface area (Å²) < 4.78 is 65.8. The SMILES string of the molecule is C[Si](C)(C)CCOCn1ccc2c(-c3cnn([C@@H](CC#N)C4CCN(c5nc(Cl)c(C(=O)OC(=O)C(F)(F)F)cc5F)C4)c3)ncnc21. The molecule has 1 saturated heterocycles. The van der Waals surface area contributed by atoms with Gasteiger partial charge in [-0.3, -0.25) is 4.68 Å². The fourth-order valence-corrected chi connectivity index (χ4v) is 6.37. The van der Waals surface area contributed by atoms with Gasteiger partial charge in [-0.25, -0.2) is 28.9 Å². The second-order valence-corrected chi connectivity index (χ2v) is 18.5. The van der Waals surface area contributed by atoms with Crippen LogP contribution >= 0.6 is 11.6 Å². The fraction of sp³-hybridized carbons (Fsp3) is 0.433. The van der Waals surface area contributed by atoms with E-state index in [0.717, 1.165) is 11.4 Å². The molecule has 12 nitrogen and oxygen atoms in total. The summed E-state index contributed by atoms with van der Waals surface area (Å²) in [6.07, 6.45) is 2.00. The maximum Gasteiger partial charge on any atom is 0.491 e. The molecule has 4 aromatic rings. The van der Waals surface area contributed by atoms with E-state index in [-0.39, 0.29) is 24.7 Å². The third-order valence-electron chi connectivity index (χ3n) is 7.91. The van der Waals surface area contributed by atoms with Crippen LogP contribution in [0.3, 0.4) is 0 Å². The Morgan fingerprint density at radius 1 is 1.25 bits per heavy atom. The molecule has 0 aliphatic carbocycles. The van der Waals surface area contributed by atoms with E-state index in [1.807, 2.05) is 16.8 Å². The summed E-state index contributed by atoms with van der Waals surface area (Å²) in [6.45, 7) is 8.44. The number of rotatable bonds is 11. The van der Waals surface area contributed by atoms with E-state index in [2.05, 4.69) is 50.5 Å². The first-order valence-corrected chi connectivity index (χ1v) is 19.0. The minimum Gasteiger partial charge on any atom is -0.383 e. The Morgan fingerprint density at radius 2 is 2.02 bits per heavy atom. The molecule has 1 unspecified atom stereocenters. The number of nitrogens with zero attached hydrogens (tertiary/aromatic N) is 8. The molecule has 254 valence electrons. The summed E-state index contributed by atoms with van der Waals surface area (Å²) in [7, 11) is -1.22. The fourth-order valence-electron chi connectivity index (χ4n) is 5.40. The summed E-state index contributed by atoms with van der Waals surface area (Å²) in [6, 6.07) is 5.32. The van der Waals surface area contributed by atoms with Crippen LogP contribution in [0.25, 0.3) is 22.3 Å². The number of nitriles is 1. The van der Waals surface area contributed by atoms with Crippen molar-refractivity contribution in [1.82, 2.24) is 29.3 Å². The van der Waals surface area contributed by atoms with E-state index in [1.54, 1.807) is 22.0 Å². The molecular weight excluding hydrogens is 676 g/mol.